The minimum Gasteiger partial charge on any atom is -0.469 e. The molecule has 3 rings (SSSR count). The highest BCUT2D eigenvalue weighted by molar-refractivity contribution is 5.81. The van der Waals surface area contributed by atoms with Crippen LogP contribution in [0.3, 0.4) is 0 Å². The maximum atomic E-state index is 11.8. The zero-order chi connectivity index (χ0) is 16.2. The maximum absolute atomic E-state index is 11.8. The molecule has 1 aliphatic carbocycles. The molecule has 1 aliphatic rings. The number of carbonyl (C=O) groups is 1. The Bertz CT molecular complexity index is 650. The minimum atomic E-state index is -0.499. The number of ether oxygens (including phenoxy) is 1. The molecular weight excluding hydrogens is 288 g/mol. The maximum Gasteiger partial charge on any atom is 0.309 e. The van der Waals surface area contributed by atoms with Gasteiger partial charge in [-0.15, -0.1) is 0 Å². The molecule has 0 radical (unpaired) electrons. The summed E-state index contributed by atoms with van der Waals surface area (Å²) in [7, 11) is 1.39. The summed E-state index contributed by atoms with van der Waals surface area (Å²) in [6.07, 6.45) is 1.98. The molecule has 1 saturated carbocycles. The minimum absolute atomic E-state index is 0.210. The molecule has 0 amide bonds. The van der Waals surface area contributed by atoms with Crippen molar-refractivity contribution >= 4 is 11.5 Å². The Morgan fingerprint density at radius 3 is 2.00 bits per heavy atom. The third kappa shape index (κ3) is 3.20. The lowest BCUT2D eigenvalue weighted by Crippen LogP contribution is -2.45. The molecule has 118 valence electrons. The molecule has 0 bridgehead atoms. The first-order valence-electron chi connectivity index (χ1n) is 7.79. The van der Waals surface area contributed by atoms with Crippen LogP contribution in [0.25, 0.3) is 5.57 Å². The molecule has 0 aliphatic heterocycles. The molecule has 3 nitrogen and oxygen atoms in total. The van der Waals surface area contributed by atoms with Crippen LogP contribution in [0, 0.1) is 11.8 Å². The van der Waals surface area contributed by atoms with Crippen LogP contribution < -0.4 is 0 Å². The van der Waals surface area contributed by atoms with E-state index in [0.29, 0.717) is 6.42 Å². The summed E-state index contributed by atoms with van der Waals surface area (Å²) in [6.45, 7) is 0. The number of esters is 1. The van der Waals surface area contributed by atoms with Gasteiger partial charge < -0.3 is 9.84 Å². The van der Waals surface area contributed by atoms with Gasteiger partial charge in [0.25, 0.3) is 0 Å². The summed E-state index contributed by atoms with van der Waals surface area (Å²) in [4.78, 5) is 11.8. The molecule has 2 aromatic rings. The summed E-state index contributed by atoms with van der Waals surface area (Å²) in [5.41, 5.74) is 3.17. The number of aliphatic hydroxyl groups is 1. The quantitative estimate of drug-likeness (QED) is 0.882. The molecule has 1 fully saturated rings. The van der Waals surface area contributed by atoms with E-state index in [4.69, 9.17) is 4.74 Å². The lowest BCUT2D eigenvalue weighted by molar-refractivity contribution is -0.156. The van der Waals surface area contributed by atoms with Gasteiger partial charge in [-0.3, -0.25) is 4.79 Å². The Morgan fingerprint density at radius 1 is 1.04 bits per heavy atom. The van der Waals surface area contributed by atoms with Gasteiger partial charge >= 0.3 is 5.97 Å². The SMILES string of the molecule is COC(=O)[C@@H]1C[C@H](O)[C@H]1C=C(c1ccccc1)c1ccccc1. The van der Waals surface area contributed by atoms with Crippen molar-refractivity contribution in [2.75, 3.05) is 7.11 Å². The summed E-state index contributed by atoms with van der Waals surface area (Å²) in [5, 5.41) is 10.1. The highest BCUT2D eigenvalue weighted by Crippen LogP contribution is 2.39. The molecule has 23 heavy (non-hydrogen) atoms. The zero-order valence-electron chi connectivity index (χ0n) is 13.1. The first-order chi connectivity index (χ1) is 11.2. The molecule has 0 unspecified atom stereocenters. The van der Waals surface area contributed by atoms with E-state index in [-0.39, 0.29) is 17.8 Å². The number of hydrogen-bond donors (Lipinski definition) is 1. The molecular formula is C20H20O3. The van der Waals surface area contributed by atoms with E-state index >= 15 is 0 Å². The second-order valence-corrected chi connectivity index (χ2v) is 5.82. The Balaban J connectivity index is 2.00. The summed E-state index contributed by atoms with van der Waals surface area (Å²) < 4.78 is 4.85. The van der Waals surface area contributed by atoms with Gasteiger partial charge in [-0.2, -0.15) is 0 Å². The smallest absolute Gasteiger partial charge is 0.309 e. The molecule has 3 atom stereocenters. The molecule has 2 aromatic carbocycles. The van der Waals surface area contributed by atoms with Crippen LogP contribution in [0.5, 0.6) is 0 Å². The molecule has 0 spiro atoms. The average molecular weight is 308 g/mol. The third-order valence-electron chi connectivity index (χ3n) is 4.44. The molecule has 0 saturated heterocycles. The summed E-state index contributed by atoms with van der Waals surface area (Å²) >= 11 is 0. The van der Waals surface area contributed by atoms with Crippen LogP contribution in [0.2, 0.25) is 0 Å². The van der Waals surface area contributed by atoms with E-state index in [0.717, 1.165) is 16.7 Å². The van der Waals surface area contributed by atoms with E-state index in [1.807, 2.05) is 66.7 Å². The first kappa shape index (κ1) is 15.5. The molecule has 1 N–H and O–H groups in total. The van der Waals surface area contributed by atoms with Gasteiger partial charge in [-0.25, -0.2) is 0 Å². The fourth-order valence-corrected chi connectivity index (χ4v) is 3.07. The van der Waals surface area contributed by atoms with Crippen molar-refractivity contribution in [3.8, 4) is 0 Å². The van der Waals surface area contributed by atoms with Crippen molar-refractivity contribution in [2.24, 2.45) is 11.8 Å². The van der Waals surface area contributed by atoms with E-state index in [1.54, 1.807) is 0 Å². The van der Waals surface area contributed by atoms with Gasteiger partial charge in [0.15, 0.2) is 0 Å². The van der Waals surface area contributed by atoms with E-state index < -0.39 is 6.10 Å². The fourth-order valence-electron chi connectivity index (χ4n) is 3.07. The Labute approximate surface area is 136 Å². The fraction of sp³-hybridized carbons (Fsp3) is 0.250. The number of carbonyl (C=O) groups excluding carboxylic acids is 1. The van der Waals surface area contributed by atoms with Gasteiger partial charge in [0.05, 0.1) is 19.1 Å². The van der Waals surface area contributed by atoms with Crippen LogP contribution in [-0.2, 0) is 9.53 Å². The predicted octanol–water partition coefficient (Wildman–Crippen LogP) is 3.29. The predicted molar refractivity (Wildman–Crippen MR) is 89.6 cm³/mol. The number of benzene rings is 2. The van der Waals surface area contributed by atoms with Crippen molar-refractivity contribution in [1.29, 1.82) is 0 Å². The lowest BCUT2D eigenvalue weighted by Gasteiger charge is -2.38. The number of hydrogen-bond acceptors (Lipinski definition) is 3. The first-order valence-corrected chi connectivity index (χ1v) is 7.79. The Morgan fingerprint density at radius 2 is 1.57 bits per heavy atom. The second kappa shape index (κ2) is 6.80. The van der Waals surface area contributed by atoms with Gasteiger partial charge in [0.2, 0.25) is 0 Å². The van der Waals surface area contributed by atoms with E-state index in [1.165, 1.54) is 7.11 Å². The van der Waals surface area contributed by atoms with Crippen LogP contribution in [0.1, 0.15) is 17.5 Å². The van der Waals surface area contributed by atoms with Crippen LogP contribution in [0.4, 0.5) is 0 Å². The van der Waals surface area contributed by atoms with Crippen molar-refractivity contribution in [3.05, 3.63) is 77.9 Å². The van der Waals surface area contributed by atoms with Crippen LogP contribution in [0.15, 0.2) is 66.7 Å². The largest absolute Gasteiger partial charge is 0.469 e. The van der Waals surface area contributed by atoms with Crippen LogP contribution >= 0.6 is 0 Å². The molecule has 3 heteroatoms. The van der Waals surface area contributed by atoms with Gasteiger partial charge in [0, 0.05) is 5.92 Å². The van der Waals surface area contributed by atoms with Crippen molar-refractivity contribution < 1.29 is 14.6 Å². The molecule has 0 heterocycles. The van der Waals surface area contributed by atoms with Crippen LogP contribution in [-0.4, -0.2) is 24.3 Å². The third-order valence-corrected chi connectivity index (χ3v) is 4.44. The highest BCUT2D eigenvalue weighted by atomic mass is 16.5. The van der Waals surface area contributed by atoms with Gasteiger partial charge in [-0.1, -0.05) is 66.7 Å². The monoisotopic (exact) mass is 308 g/mol. The Kier molecular flexibility index (Phi) is 4.58. The Hall–Kier alpha value is -2.39. The molecule has 0 aromatic heterocycles. The normalized spacial score (nSPS) is 22.8. The number of rotatable bonds is 4. The van der Waals surface area contributed by atoms with E-state index in [2.05, 4.69) is 0 Å². The van der Waals surface area contributed by atoms with Crippen molar-refractivity contribution in [1.82, 2.24) is 0 Å². The topological polar surface area (TPSA) is 46.5 Å². The second-order valence-electron chi connectivity index (χ2n) is 5.82. The van der Waals surface area contributed by atoms with Crippen molar-refractivity contribution in [3.63, 3.8) is 0 Å². The summed E-state index contributed by atoms with van der Waals surface area (Å²) in [5.74, 6) is -0.729. The number of aliphatic hydroxyl groups excluding tert-OH is 1. The summed E-state index contributed by atoms with van der Waals surface area (Å²) in [6, 6.07) is 20.1. The number of methoxy groups -OCH3 is 1. The average Bonchev–Trinajstić information content (AvgIpc) is 2.61. The van der Waals surface area contributed by atoms with Gasteiger partial charge in [-0.05, 0) is 23.1 Å². The lowest BCUT2D eigenvalue weighted by atomic mass is 9.69. The van der Waals surface area contributed by atoms with Crippen molar-refractivity contribution in [2.45, 2.75) is 12.5 Å². The standard InChI is InChI=1S/C20H20O3/c1-23-20(22)18-13-19(21)17(18)12-16(14-8-4-2-5-9-14)15-10-6-3-7-11-15/h2-12,17-19,21H,13H2,1H3/t17-,18+,19-/m0/s1. The highest BCUT2D eigenvalue weighted by Gasteiger charge is 2.44. The van der Waals surface area contributed by atoms with E-state index in [9.17, 15) is 9.90 Å². The zero-order valence-corrected chi connectivity index (χ0v) is 13.1. The van der Waals surface area contributed by atoms with Gasteiger partial charge in [0.1, 0.15) is 0 Å².